The number of rotatable bonds is 4. The summed E-state index contributed by atoms with van der Waals surface area (Å²) in [6, 6.07) is 13.9. The third-order valence-electron chi connectivity index (χ3n) is 4.39. The summed E-state index contributed by atoms with van der Waals surface area (Å²) in [5, 5.41) is 8.85. The molecule has 12 heteroatoms. The van der Waals surface area contributed by atoms with Crippen LogP contribution in [0, 0.1) is 6.92 Å². The van der Waals surface area contributed by atoms with Gasteiger partial charge in [0, 0.05) is 22.3 Å². The lowest BCUT2D eigenvalue weighted by molar-refractivity contribution is -0.127. The smallest absolute Gasteiger partial charge is 0.281 e. The third-order valence-corrected chi connectivity index (χ3v) is 5.73. The Bertz CT molecular complexity index is 1210. The number of amides is 2. The van der Waals surface area contributed by atoms with Crippen molar-refractivity contribution in [1.29, 1.82) is 0 Å². The average Bonchev–Trinajstić information content (AvgIpc) is 3.38. The number of carbonyl (C=O) groups excluding carboxylic acids is 2. The van der Waals surface area contributed by atoms with Crippen LogP contribution in [0.2, 0.25) is 5.02 Å². The van der Waals surface area contributed by atoms with Gasteiger partial charge < -0.3 is 16.0 Å². The number of nitrogens with two attached hydrogens (primary N) is 2. The average molecular weight is 519 g/mol. The van der Waals surface area contributed by atoms with Gasteiger partial charge in [0.1, 0.15) is 11.8 Å². The number of aryl methyl sites for hydroxylation is 1. The minimum Gasteiger partial charge on any atom is -0.399 e. The number of nitrogen functional groups attached to an aromatic ring is 1. The number of benzene rings is 2. The number of nitrogens with zero attached hydrogens (tertiary/aromatic N) is 3. The van der Waals surface area contributed by atoms with E-state index in [0.717, 1.165) is 5.01 Å². The molecular weight excluding hydrogens is 492 g/mol. The van der Waals surface area contributed by atoms with E-state index >= 15 is 0 Å². The second kappa shape index (κ2) is 12.8. The SMILES string of the molecule is CC.CC1=NN(C(=O)c2ccc(Cl)cc2)C(=O)C1N.Cc1cc(NS(=O)c2ccc(N)cc2)no1. The molecule has 0 radical (unpaired) electrons. The van der Waals surface area contributed by atoms with Crippen LogP contribution in [-0.4, -0.2) is 37.9 Å². The van der Waals surface area contributed by atoms with E-state index in [2.05, 4.69) is 15.0 Å². The zero-order valence-corrected chi connectivity index (χ0v) is 21.3. The van der Waals surface area contributed by atoms with Crippen molar-refractivity contribution in [3.63, 3.8) is 0 Å². The van der Waals surface area contributed by atoms with Crippen molar-refractivity contribution >= 4 is 51.6 Å². The van der Waals surface area contributed by atoms with Gasteiger partial charge in [-0.05, 0) is 62.4 Å². The van der Waals surface area contributed by atoms with Gasteiger partial charge in [0.2, 0.25) is 0 Å². The van der Waals surface area contributed by atoms with Crippen molar-refractivity contribution in [3.05, 3.63) is 70.9 Å². The van der Waals surface area contributed by atoms with Crippen LogP contribution in [0.25, 0.3) is 0 Å². The minimum absolute atomic E-state index is 0.341. The van der Waals surface area contributed by atoms with Crippen molar-refractivity contribution in [3.8, 4) is 0 Å². The number of nitrogens with one attached hydrogen (secondary N) is 1. The number of carbonyl (C=O) groups is 2. The third kappa shape index (κ3) is 7.47. The van der Waals surface area contributed by atoms with Gasteiger partial charge in [-0.3, -0.25) is 14.3 Å². The summed E-state index contributed by atoms with van der Waals surface area (Å²) in [4.78, 5) is 24.2. The fourth-order valence-electron chi connectivity index (χ4n) is 2.60. The van der Waals surface area contributed by atoms with E-state index in [1.54, 1.807) is 56.3 Å². The molecule has 0 spiro atoms. The van der Waals surface area contributed by atoms with Gasteiger partial charge in [0.05, 0.1) is 10.6 Å². The summed E-state index contributed by atoms with van der Waals surface area (Å²) in [6.07, 6.45) is 0. The minimum atomic E-state index is -1.36. The molecule has 10 nitrogen and oxygen atoms in total. The predicted molar refractivity (Wildman–Crippen MR) is 137 cm³/mol. The summed E-state index contributed by atoms with van der Waals surface area (Å²) < 4.78 is 19.4. The fourth-order valence-corrected chi connectivity index (χ4v) is 3.51. The van der Waals surface area contributed by atoms with Crippen molar-refractivity contribution in [2.45, 2.75) is 38.6 Å². The van der Waals surface area contributed by atoms with E-state index in [4.69, 9.17) is 27.6 Å². The number of hydrogen-bond donors (Lipinski definition) is 3. The first-order valence-electron chi connectivity index (χ1n) is 10.6. The number of hydrazone groups is 1. The van der Waals surface area contributed by atoms with Crippen LogP contribution in [0.3, 0.4) is 0 Å². The quantitative estimate of drug-likeness (QED) is 0.350. The fraction of sp³-hybridized carbons (Fsp3) is 0.217. The van der Waals surface area contributed by atoms with E-state index in [-0.39, 0.29) is 0 Å². The van der Waals surface area contributed by atoms with Crippen LogP contribution in [0.5, 0.6) is 0 Å². The molecule has 2 atom stereocenters. The zero-order chi connectivity index (χ0) is 26.1. The molecular formula is C23H27ClN6O4S. The largest absolute Gasteiger partial charge is 0.399 e. The normalized spacial score (nSPS) is 15.3. The molecule has 0 saturated carbocycles. The maximum atomic E-state index is 12.0. The maximum absolute atomic E-state index is 12.0. The standard InChI is InChI=1S/C11H10ClN3O2.C10H11N3O2S.C2H6/c1-6-9(13)11(17)15(14-6)10(16)7-2-4-8(12)5-3-7;1-7-6-10(12-15-7)13-16(14)9-4-2-8(11)3-5-9;1-2/h2-5,9H,13H2,1H3;2-6H,11H2,1H3,(H,12,13);1-2H3. The van der Waals surface area contributed by atoms with Gasteiger partial charge >= 0.3 is 0 Å². The number of aromatic nitrogens is 1. The Morgan fingerprint density at radius 3 is 2.20 bits per heavy atom. The molecule has 3 aromatic rings. The molecule has 4 rings (SSSR count). The molecule has 186 valence electrons. The monoisotopic (exact) mass is 518 g/mol. The van der Waals surface area contributed by atoms with Gasteiger partial charge in [-0.2, -0.15) is 10.1 Å². The second-order valence-corrected chi connectivity index (χ2v) is 8.59. The molecule has 1 aliphatic heterocycles. The maximum Gasteiger partial charge on any atom is 0.281 e. The highest BCUT2D eigenvalue weighted by atomic mass is 35.5. The zero-order valence-electron chi connectivity index (χ0n) is 19.7. The molecule has 1 aliphatic rings. The Balaban J connectivity index is 0.000000231. The van der Waals surface area contributed by atoms with E-state index < -0.39 is 28.8 Å². The molecule has 2 aromatic carbocycles. The number of imide groups is 1. The second-order valence-electron chi connectivity index (χ2n) is 6.94. The van der Waals surface area contributed by atoms with Crippen molar-refractivity contribution in [1.82, 2.24) is 10.2 Å². The Hall–Kier alpha value is -3.54. The first-order chi connectivity index (χ1) is 16.7. The first-order valence-corrected chi connectivity index (χ1v) is 12.1. The molecule has 0 bridgehead atoms. The Morgan fingerprint density at radius 1 is 1.11 bits per heavy atom. The summed E-state index contributed by atoms with van der Waals surface area (Å²) in [5.41, 5.74) is 12.5. The lowest BCUT2D eigenvalue weighted by atomic mass is 10.2. The van der Waals surface area contributed by atoms with Gasteiger partial charge in [0.15, 0.2) is 16.8 Å². The summed E-state index contributed by atoms with van der Waals surface area (Å²) in [5.74, 6) is 0.103. The van der Waals surface area contributed by atoms with Gasteiger partial charge in [-0.25, -0.2) is 4.21 Å². The molecule has 2 unspecified atom stereocenters. The van der Waals surface area contributed by atoms with Crippen LogP contribution in [0.4, 0.5) is 11.5 Å². The number of halogens is 1. The summed E-state index contributed by atoms with van der Waals surface area (Å²) in [6.45, 7) is 7.38. The van der Waals surface area contributed by atoms with Crippen molar-refractivity contribution in [2.24, 2.45) is 10.8 Å². The van der Waals surface area contributed by atoms with Crippen molar-refractivity contribution < 1.29 is 18.3 Å². The van der Waals surface area contributed by atoms with Gasteiger partial charge in [-0.15, -0.1) is 0 Å². The van der Waals surface area contributed by atoms with Gasteiger partial charge in [-0.1, -0.05) is 30.6 Å². The molecule has 1 aromatic heterocycles. The summed E-state index contributed by atoms with van der Waals surface area (Å²) >= 11 is 5.71. The molecule has 5 N–H and O–H groups in total. The highest BCUT2D eigenvalue weighted by molar-refractivity contribution is 7.86. The molecule has 0 saturated heterocycles. The van der Waals surface area contributed by atoms with Crippen molar-refractivity contribution in [2.75, 3.05) is 10.5 Å². The Morgan fingerprint density at radius 2 is 1.71 bits per heavy atom. The summed E-state index contributed by atoms with van der Waals surface area (Å²) in [7, 11) is -1.36. The van der Waals surface area contributed by atoms with Crippen LogP contribution < -0.4 is 16.2 Å². The van der Waals surface area contributed by atoms with Crippen LogP contribution in [-0.2, 0) is 15.8 Å². The molecule has 0 fully saturated rings. The van der Waals surface area contributed by atoms with E-state index in [9.17, 15) is 13.8 Å². The van der Waals surface area contributed by atoms with Gasteiger partial charge in [0.25, 0.3) is 11.8 Å². The Labute approximate surface area is 210 Å². The van der Waals surface area contributed by atoms with E-state index in [1.165, 1.54) is 12.1 Å². The highest BCUT2D eigenvalue weighted by Crippen LogP contribution is 2.16. The first kappa shape index (κ1) is 27.7. The van der Waals surface area contributed by atoms with Crippen LogP contribution in [0.1, 0.15) is 36.9 Å². The number of anilines is 2. The predicted octanol–water partition coefficient (Wildman–Crippen LogP) is 3.75. The molecule has 35 heavy (non-hydrogen) atoms. The van der Waals surface area contributed by atoms with E-state index in [1.807, 2.05) is 13.8 Å². The Kier molecular flexibility index (Phi) is 10.1. The molecule has 2 heterocycles. The van der Waals surface area contributed by atoms with E-state index in [0.29, 0.717) is 38.5 Å². The molecule has 2 amide bonds. The molecule has 0 aliphatic carbocycles. The lowest BCUT2D eigenvalue weighted by Gasteiger charge is -2.10. The van der Waals surface area contributed by atoms with Crippen LogP contribution in [0.15, 0.2) is 69.1 Å². The highest BCUT2D eigenvalue weighted by Gasteiger charge is 2.35. The topological polar surface area (TPSA) is 157 Å². The van der Waals surface area contributed by atoms with Crippen LogP contribution >= 0.6 is 11.6 Å². The lowest BCUT2D eigenvalue weighted by Crippen LogP contribution is -2.40. The number of hydrogen-bond acceptors (Lipinski definition) is 8.